The Labute approximate surface area is 121 Å². The van der Waals surface area contributed by atoms with E-state index in [0.717, 1.165) is 43.9 Å². The van der Waals surface area contributed by atoms with Crippen LogP contribution in [0.3, 0.4) is 0 Å². The molecule has 0 aliphatic carbocycles. The van der Waals surface area contributed by atoms with Crippen LogP contribution in [0.1, 0.15) is 25.3 Å². The summed E-state index contributed by atoms with van der Waals surface area (Å²) in [5.74, 6) is 1.58. The minimum absolute atomic E-state index is 0.377. The number of benzene rings is 1. The molecule has 2 unspecified atom stereocenters. The van der Waals surface area contributed by atoms with Gasteiger partial charge in [-0.25, -0.2) is 0 Å². The molecule has 1 heterocycles. The fourth-order valence-corrected chi connectivity index (χ4v) is 2.64. The Hall–Kier alpha value is -1.26. The largest absolute Gasteiger partial charge is 0.493 e. The molecule has 0 amide bonds. The van der Waals surface area contributed by atoms with Crippen LogP contribution in [-0.2, 0) is 11.2 Å². The second-order valence-corrected chi connectivity index (χ2v) is 5.30. The second-order valence-electron chi connectivity index (χ2n) is 5.30. The van der Waals surface area contributed by atoms with Crippen molar-refractivity contribution in [2.45, 2.75) is 38.3 Å². The summed E-state index contributed by atoms with van der Waals surface area (Å²) in [5.41, 5.74) is 1.26. The van der Waals surface area contributed by atoms with Crippen molar-refractivity contribution >= 4 is 0 Å². The van der Waals surface area contributed by atoms with Crippen LogP contribution >= 0.6 is 0 Å². The highest BCUT2D eigenvalue weighted by molar-refractivity contribution is 5.42. The van der Waals surface area contributed by atoms with Gasteiger partial charge in [-0.1, -0.05) is 6.07 Å². The topological polar surface area (TPSA) is 39.7 Å². The van der Waals surface area contributed by atoms with E-state index in [1.807, 2.05) is 12.1 Å². The number of methoxy groups -OCH3 is 2. The standard InChI is InChI=1S/C16H25NO3/c1-12-10-14(7-9-20-12)17-8-6-13-4-5-15(18-2)16(11-13)19-3/h4-5,11-12,14,17H,6-10H2,1-3H3. The predicted octanol–water partition coefficient (Wildman–Crippen LogP) is 2.40. The van der Waals surface area contributed by atoms with E-state index in [2.05, 4.69) is 18.3 Å². The average molecular weight is 279 g/mol. The van der Waals surface area contributed by atoms with Gasteiger partial charge in [0.1, 0.15) is 0 Å². The van der Waals surface area contributed by atoms with Gasteiger partial charge >= 0.3 is 0 Å². The molecule has 20 heavy (non-hydrogen) atoms. The van der Waals surface area contributed by atoms with E-state index in [-0.39, 0.29) is 0 Å². The Kier molecular flexibility index (Phi) is 5.68. The summed E-state index contributed by atoms with van der Waals surface area (Å²) in [6.45, 7) is 3.99. The van der Waals surface area contributed by atoms with Crippen molar-refractivity contribution in [3.8, 4) is 11.5 Å². The summed E-state index contributed by atoms with van der Waals surface area (Å²) < 4.78 is 16.1. The predicted molar refractivity (Wildman–Crippen MR) is 79.7 cm³/mol. The molecule has 2 atom stereocenters. The molecule has 1 aliphatic heterocycles. The van der Waals surface area contributed by atoms with Crippen molar-refractivity contribution in [2.24, 2.45) is 0 Å². The van der Waals surface area contributed by atoms with Crippen molar-refractivity contribution in [1.82, 2.24) is 5.32 Å². The van der Waals surface area contributed by atoms with Gasteiger partial charge in [-0.15, -0.1) is 0 Å². The second kappa shape index (κ2) is 7.50. The first-order chi connectivity index (χ1) is 9.72. The fraction of sp³-hybridized carbons (Fsp3) is 0.625. The third-order valence-electron chi connectivity index (χ3n) is 3.78. The number of rotatable bonds is 6. The van der Waals surface area contributed by atoms with Gasteiger partial charge in [-0.05, 0) is 50.4 Å². The normalized spacial score (nSPS) is 22.6. The minimum Gasteiger partial charge on any atom is -0.493 e. The SMILES string of the molecule is COc1ccc(CCNC2CCOC(C)C2)cc1OC. The first kappa shape index (κ1) is 15.1. The molecule has 1 N–H and O–H groups in total. The van der Waals surface area contributed by atoms with Crippen LogP contribution < -0.4 is 14.8 Å². The average Bonchev–Trinajstić information content (AvgIpc) is 2.47. The van der Waals surface area contributed by atoms with Crippen molar-refractivity contribution in [3.05, 3.63) is 23.8 Å². The van der Waals surface area contributed by atoms with Crippen LogP contribution in [0.5, 0.6) is 11.5 Å². The summed E-state index contributed by atoms with van der Waals surface area (Å²) >= 11 is 0. The molecule has 0 radical (unpaired) electrons. The molecule has 1 saturated heterocycles. The Morgan fingerprint density at radius 1 is 1.25 bits per heavy atom. The molecule has 0 spiro atoms. The fourth-order valence-electron chi connectivity index (χ4n) is 2.64. The van der Waals surface area contributed by atoms with Gasteiger partial charge in [-0.3, -0.25) is 0 Å². The van der Waals surface area contributed by atoms with E-state index in [0.29, 0.717) is 12.1 Å². The summed E-state index contributed by atoms with van der Waals surface area (Å²) in [6, 6.07) is 6.69. The Morgan fingerprint density at radius 2 is 2.05 bits per heavy atom. The molecule has 0 bridgehead atoms. The van der Waals surface area contributed by atoms with Gasteiger partial charge in [-0.2, -0.15) is 0 Å². The van der Waals surface area contributed by atoms with Crippen LogP contribution in [-0.4, -0.2) is 39.5 Å². The molecule has 1 fully saturated rings. The third-order valence-corrected chi connectivity index (χ3v) is 3.78. The molecule has 1 aliphatic rings. The maximum atomic E-state index is 5.56. The van der Waals surface area contributed by atoms with Crippen molar-refractivity contribution < 1.29 is 14.2 Å². The molecule has 112 valence electrons. The van der Waals surface area contributed by atoms with Crippen molar-refractivity contribution in [1.29, 1.82) is 0 Å². The molecular formula is C16H25NO3. The smallest absolute Gasteiger partial charge is 0.160 e. The summed E-state index contributed by atoms with van der Waals surface area (Å²) in [5, 5.41) is 3.61. The van der Waals surface area contributed by atoms with Gasteiger partial charge in [0, 0.05) is 12.6 Å². The lowest BCUT2D eigenvalue weighted by Gasteiger charge is -2.28. The Morgan fingerprint density at radius 3 is 2.75 bits per heavy atom. The van der Waals surface area contributed by atoms with Crippen LogP contribution in [0.2, 0.25) is 0 Å². The molecule has 4 heteroatoms. The lowest BCUT2D eigenvalue weighted by Crippen LogP contribution is -2.38. The summed E-state index contributed by atoms with van der Waals surface area (Å²) in [7, 11) is 3.33. The third kappa shape index (κ3) is 4.12. The molecule has 0 saturated carbocycles. The van der Waals surface area contributed by atoms with Crippen LogP contribution in [0.15, 0.2) is 18.2 Å². The van der Waals surface area contributed by atoms with Crippen molar-refractivity contribution in [2.75, 3.05) is 27.4 Å². The number of ether oxygens (including phenoxy) is 3. The van der Waals surface area contributed by atoms with Gasteiger partial charge in [0.05, 0.1) is 20.3 Å². The van der Waals surface area contributed by atoms with Gasteiger partial charge in [0.2, 0.25) is 0 Å². The van der Waals surface area contributed by atoms with Crippen LogP contribution in [0, 0.1) is 0 Å². The van der Waals surface area contributed by atoms with Crippen LogP contribution in [0.4, 0.5) is 0 Å². The molecule has 2 rings (SSSR count). The van der Waals surface area contributed by atoms with E-state index in [1.165, 1.54) is 5.56 Å². The molecule has 0 aromatic heterocycles. The van der Waals surface area contributed by atoms with Crippen LogP contribution in [0.25, 0.3) is 0 Å². The molecule has 1 aromatic rings. The Balaban J connectivity index is 1.81. The highest BCUT2D eigenvalue weighted by atomic mass is 16.5. The summed E-state index contributed by atoms with van der Waals surface area (Å²) in [4.78, 5) is 0. The first-order valence-electron chi connectivity index (χ1n) is 7.29. The first-order valence-corrected chi connectivity index (χ1v) is 7.29. The monoisotopic (exact) mass is 279 g/mol. The minimum atomic E-state index is 0.377. The van der Waals surface area contributed by atoms with Gasteiger partial charge in [0.15, 0.2) is 11.5 Å². The van der Waals surface area contributed by atoms with E-state index >= 15 is 0 Å². The van der Waals surface area contributed by atoms with E-state index < -0.39 is 0 Å². The zero-order valence-electron chi connectivity index (χ0n) is 12.6. The molecule has 1 aromatic carbocycles. The molecule has 4 nitrogen and oxygen atoms in total. The molecular weight excluding hydrogens is 254 g/mol. The lowest BCUT2D eigenvalue weighted by atomic mass is 10.0. The van der Waals surface area contributed by atoms with Gasteiger partial charge in [0.25, 0.3) is 0 Å². The van der Waals surface area contributed by atoms with E-state index in [1.54, 1.807) is 14.2 Å². The van der Waals surface area contributed by atoms with Gasteiger partial charge < -0.3 is 19.5 Å². The maximum Gasteiger partial charge on any atom is 0.160 e. The van der Waals surface area contributed by atoms with E-state index in [4.69, 9.17) is 14.2 Å². The number of hydrogen-bond donors (Lipinski definition) is 1. The zero-order chi connectivity index (χ0) is 14.4. The highest BCUT2D eigenvalue weighted by Crippen LogP contribution is 2.27. The highest BCUT2D eigenvalue weighted by Gasteiger charge is 2.18. The Bertz CT molecular complexity index is 422. The lowest BCUT2D eigenvalue weighted by molar-refractivity contribution is 0.0135. The number of nitrogens with one attached hydrogen (secondary N) is 1. The maximum absolute atomic E-state index is 5.56. The zero-order valence-corrected chi connectivity index (χ0v) is 12.6. The quantitative estimate of drug-likeness (QED) is 0.868. The summed E-state index contributed by atoms with van der Waals surface area (Å²) in [6.07, 6.45) is 3.58. The van der Waals surface area contributed by atoms with E-state index in [9.17, 15) is 0 Å². The van der Waals surface area contributed by atoms with Crippen molar-refractivity contribution in [3.63, 3.8) is 0 Å². The number of hydrogen-bond acceptors (Lipinski definition) is 4.